The van der Waals surface area contributed by atoms with Crippen LogP contribution in [0.4, 0.5) is 0 Å². The molecule has 3 N–H and O–H groups in total. The van der Waals surface area contributed by atoms with Crippen molar-refractivity contribution in [2.24, 2.45) is 5.73 Å². The Morgan fingerprint density at radius 3 is 2.80 bits per heavy atom. The number of hydrogen-bond donors (Lipinski definition) is 2. The lowest BCUT2D eigenvalue weighted by Crippen LogP contribution is -2.48. The first-order valence-corrected chi connectivity index (χ1v) is 5.09. The fraction of sp³-hybridized carbons (Fsp3) is 0.545. The Morgan fingerprint density at radius 1 is 1.60 bits per heavy atom. The van der Waals surface area contributed by atoms with Gasteiger partial charge in [-0.3, -0.25) is 4.79 Å². The first-order valence-electron chi connectivity index (χ1n) is 5.09. The van der Waals surface area contributed by atoms with Gasteiger partial charge in [-0.05, 0) is 19.9 Å². The topological polar surface area (TPSA) is 68.3 Å². The molecule has 0 unspecified atom stereocenters. The summed E-state index contributed by atoms with van der Waals surface area (Å²) in [4.78, 5) is 11.8. The lowest BCUT2D eigenvalue weighted by Gasteiger charge is -2.23. The van der Waals surface area contributed by atoms with Gasteiger partial charge in [0.15, 0.2) is 0 Å². The lowest BCUT2D eigenvalue weighted by atomic mass is 10.1. The van der Waals surface area contributed by atoms with Crippen molar-refractivity contribution >= 4 is 5.91 Å². The van der Waals surface area contributed by atoms with Crippen molar-refractivity contribution < 1.29 is 9.21 Å². The smallest absolute Gasteiger partial charge is 0.255 e. The number of carbonyl (C=O) groups is 1. The molecule has 0 atom stereocenters. The van der Waals surface area contributed by atoms with Gasteiger partial charge in [0, 0.05) is 18.5 Å². The maximum absolute atomic E-state index is 11.8. The number of amides is 1. The van der Waals surface area contributed by atoms with Crippen LogP contribution in [0.15, 0.2) is 16.7 Å². The van der Waals surface area contributed by atoms with Gasteiger partial charge in [0.05, 0.1) is 11.8 Å². The molecule has 0 aromatic carbocycles. The van der Waals surface area contributed by atoms with Crippen LogP contribution in [-0.4, -0.2) is 18.0 Å². The van der Waals surface area contributed by atoms with Crippen LogP contribution in [-0.2, 0) is 6.42 Å². The fourth-order valence-electron chi connectivity index (χ4n) is 1.24. The van der Waals surface area contributed by atoms with Crippen LogP contribution in [0.2, 0.25) is 0 Å². The molecule has 1 aromatic heterocycles. The Labute approximate surface area is 89.8 Å². The Kier molecular flexibility index (Phi) is 3.52. The average molecular weight is 210 g/mol. The molecule has 0 saturated carbocycles. The zero-order chi connectivity index (χ0) is 11.5. The van der Waals surface area contributed by atoms with E-state index in [4.69, 9.17) is 10.2 Å². The van der Waals surface area contributed by atoms with Crippen LogP contribution in [0.3, 0.4) is 0 Å². The molecule has 1 rings (SSSR count). The van der Waals surface area contributed by atoms with Crippen LogP contribution in [0.25, 0.3) is 0 Å². The summed E-state index contributed by atoms with van der Waals surface area (Å²) in [6.07, 6.45) is 2.24. The van der Waals surface area contributed by atoms with Crippen molar-refractivity contribution in [1.29, 1.82) is 0 Å². The molecule has 0 aliphatic rings. The van der Waals surface area contributed by atoms with Crippen molar-refractivity contribution in [2.45, 2.75) is 32.7 Å². The lowest BCUT2D eigenvalue weighted by molar-refractivity contribution is 0.0914. The first-order chi connectivity index (χ1) is 7.00. The minimum absolute atomic E-state index is 0.129. The van der Waals surface area contributed by atoms with Gasteiger partial charge in [0.25, 0.3) is 5.91 Å². The summed E-state index contributed by atoms with van der Waals surface area (Å²) in [5, 5.41) is 2.86. The van der Waals surface area contributed by atoms with Gasteiger partial charge in [-0.15, -0.1) is 0 Å². The van der Waals surface area contributed by atoms with Crippen LogP contribution >= 0.6 is 0 Å². The van der Waals surface area contributed by atoms with E-state index < -0.39 is 0 Å². The molecular formula is C11H18N2O2. The first kappa shape index (κ1) is 11.8. The Morgan fingerprint density at radius 2 is 2.27 bits per heavy atom. The summed E-state index contributed by atoms with van der Waals surface area (Å²) in [6, 6.07) is 1.68. The quantitative estimate of drug-likeness (QED) is 0.787. The van der Waals surface area contributed by atoms with E-state index in [1.807, 2.05) is 20.8 Å². The van der Waals surface area contributed by atoms with E-state index >= 15 is 0 Å². The molecule has 15 heavy (non-hydrogen) atoms. The van der Waals surface area contributed by atoms with E-state index in [-0.39, 0.29) is 11.4 Å². The van der Waals surface area contributed by atoms with Gasteiger partial charge in [0.2, 0.25) is 0 Å². The highest BCUT2D eigenvalue weighted by Crippen LogP contribution is 2.12. The van der Waals surface area contributed by atoms with E-state index in [1.165, 1.54) is 6.26 Å². The Balaban J connectivity index is 2.78. The third-order valence-electron chi connectivity index (χ3n) is 2.27. The van der Waals surface area contributed by atoms with Crippen molar-refractivity contribution in [3.05, 3.63) is 23.7 Å². The van der Waals surface area contributed by atoms with Crippen molar-refractivity contribution in [1.82, 2.24) is 5.32 Å². The number of hydrogen-bond acceptors (Lipinski definition) is 3. The van der Waals surface area contributed by atoms with Crippen molar-refractivity contribution in [2.75, 3.05) is 6.54 Å². The molecule has 1 amide bonds. The van der Waals surface area contributed by atoms with Gasteiger partial charge >= 0.3 is 0 Å². The summed E-state index contributed by atoms with van der Waals surface area (Å²) in [5.74, 6) is 0.580. The number of aryl methyl sites for hydroxylation is 1. The van der Waals surface area contributed by atoms with Crippen molar-refractivity contribution in [3.63, 3.8) is 0 Å². The second kappa shape index (κ2) is 4.49. The third kappa shape index (κ3) is 2.83. The van der Waals surface area contributed by atoms with E-state index in [1.54, 1.807) is 6.07 Å². The number of furan rings is 1. The Bertz CT molecular complexity index is 342. The summed E-state index contributed by atoms with van der Waals surface area (Å²) in [6.45, 7) is 6.12. The second-order valence-electron chi connectivity index (χ2n) is 4.15. The molecule has 0 saturated heterocycles. The van der Waals surface area contributed by atoms with E-state index in [0.717, 1.165) is 0 Å². The predicted octanol–water partition coefficient (Wildman–Crippen LogP) is 1.31. The summed E-state index contributed by atoms with van der Waals surface area (Å²) in [5.41, 5.74) is 5.75. The predicted molar refractivity (Wildman–Crippen MR) is 58.7 cm³/mol. The van der Waals surface area contributed by atoms with Crippen LogP contribution < -0.4 is 11.1 Å². The molecule has 0 bridgehead atoms. The van der Waals surface area contributed by atoms with E-state index in [0.29, 0.717) is 24.3 Å². The highest BCUT2D eigenvalue weighted by atomic mass is 16.3. The zero-order valence-corrected chi connectivity index (χ0v) is 9.46. The minimum Gasteiger partial charge on any atom is -0.469 e. The molecule has 1 heterocycles. The highest BCUT2D eigenvalue weighted by molar-refractivity contribution is 5.95. The molecule has 0 aliphatic heterocycles. The monoisotopic (exact) mass is 210 g/mol. The number of nitrogens with two attached hydrogens (primary N) is 1. The molecule has 0 radical (unpaired) electrons. The maximum atomic E-state index is 11.8. The molecule has 0 fully saturated rings. The Hall–Kier alpha value is -1.29. The number of rotatable bonds is 4. The van der Waals surface area contributed by atoms with Gasteiger partial charge < -0.3 is 15.5 Å². The molecule has 0 aliphatic carbocycles. The SMILES string of the molecule is CCc1occc1C(=O)NC(C)(C)CN. The largest absolute Gasteiger partial charge is 0.469 e. The second-order valence-corrected chi connectivity index (χ2v) is 4.15. The third-order valence-corrected chi connectivity index (χ3v) is 2.27. The maximum Gasteiger partial charge on any atom is 0.255 e. The van der Waals surface area contributed by atoms with Crippen molar-refractivity contribution in [3.8, 4) is 0 Å². The van der Waals surface area contributed by atoms with Gasteiger partial charge in [-0.2, -0.15) is 0 Å². The summed E-state index contributed by atoms with van der Waals surface area (Å²) >= 11 is 0. The van der Waals surface area contributed by atoms with Gasteiger partial charge in [-0.25, -0.2) is 0 Å². The van der Waals surface area contributed by atoms with Crippen LogP contribution in [0, 0.1) is 0 Å². The van der Waals surface area contributed by atoms with Gasteiger partial charge in [0.1, 0.15) is 5.76 Å². The van der Waals surface area contributed by atoms with Crippen LogP contribution in [0.5, 0.6) is 0 Å². The van der Waals surface area contributed by atoms with E-state index in [9.17, 15) is 4.79 Å². The molecule has 4 nitrogen and oxygen atoms in total. The molecular weight excluding hydrogens is 192 g/mol. The van der Waals surface area contributed by atoms with Gasteiger partial charge in [-0.1, -0.05) is 6.92 Å². The molecule has 84 valence electrons. The van der Waals surface area contributed by atoms with E-state index in [2.05, 4.69) is 5.32 Å². The molecule has 0 spiro atoms. The zero-order valence-electron chi connectivity index (χ0n) is 9.46. The standard InChI is InChI=1S/C11H18N2O2/c1-4-9-8(5-6-15-9)10(14)13-11(2,3)7-12/h5-6H,4,7,12H2,1-3H3,(H,13,14). The summed E-state index contributed by atoms with van der Waals surface area (Å²) in [7, 11) is 0. The summed E-state index contributed by atoms with van der Waals surface area (Å²) < 4.78 is 5.19. The minimum atomic E-state index is -0.390. The van der Waals surface area contributed by atoms with Crippen LogP contribution in [0.1, 0.15) is 36.9 Å². The number of nitrogens with one attached hydrogen (secondary N) is 1. The highest BCUT2D eigenvalue weighted by Gasteiger charge is 2.21. The average Bonchev–Trinajstić information content (AvgIpc) is 2.64. The number of carbonyl (C=O) groups excluding carboxylic acids is 1. The fourth-order valence-corrected chi connectivity index (χ4v) is 1.24. The normalized spacial score (nSPS) is 11.5. The molecule has 1 aromatic rings. The molecule has 4 heteroatoms.